The molecule has 1 fully saturated rings. The van der Waals surface area contributed by atoms with Crippen LogP contribution in [0, 0.1) is 0 Å². The summed E-state index contributed by atoms with van der Waals surface area (Å²) >= 11 is 12.2. The molecule has 2 amide bonds. The zero-order valence-electron chi connectivity index (χ0n) is 12.1. The molecule has 1 heterocycles. The molecule has 1 spiro atoms. The van der Waals surface area contributed by atoms with Gasteiger partial charge in [-0.15, -0.1) is 0 Å². The van der Waals surface area contributed by atoms with E-state index < -0.39 is 5.41 Å². The van der Waals surface area contributed by atoms with E-state index in [1.807, 2.05) is 36.4 Å². The maximum Gasteiger partial charge on any atom is 0.237 e. The molecule has 2 aromatic rings. The number of nitrogens with one attached hydrogen (secondary N) is 1. The van der Waals surface area contributed by atoms with E-state index in [-0.39, 0.29) is 24.2 Å². The van der Waals surface area contributed by atoms with Gasteiger partial charge in [0.25, 0.3) is 0 Å². The fourth-order valence-corrected chi connectivity index (χ4v) is 4.17. The van der Waals surface area contributed by atoms with Crippen molar-refractivity contribution in [1.29, 1.82) is 0 Å². The van der Waals surface area contributed by atoms with Crippen LogP contribution >= 0.6 is 23.2 Å². The van der Waals surface area contributed by atoms with Crippen LogP contribution in [0.4, 0.5) is 0 Å². The summed E-state index contributed by atoms with van der Waals surface area (Å²) in [6, 6.07) is 13.4. The second-order valence-electron chi connectivity index (χ2n) is 6.15. The van der Waals surface area contributed by atoms with Gasteiger partial charge in [0, 0.05) is 12.3 Å². The van der Waals surface area contributed by atoms with Crippen LogP contribution in [0.25, 0.3) is 0 Å². The third-order valence-corrected chi connectivity index (χ3v) is 5.64. The van der Waals surface area contributed by atoms with Crippen molar-refractivity contribution in [2.45, 2.75) is 24.2 Å². The lowest BCUT2D eigenvalue weighted by Crippen LogP contribution is -2.33. The average Bonchev–Trinajstić information content (AvgIpc) is 3.01. The highest BCUT2D eigenvalue weighted by atomic mass is 35.5. The highest BCUT2D eigenvalue weighted by molar-refractivity contribution is 6.42. The lowest BCUT2D eigenvalue weighted by molar-refractivity contribution is -0.126. The fourth-order valence-electron chi connectivity index (χ4n) is 3.86. The molecule has 3 nitrogen and oxygen atoms in total. The molecule has 0 radical (unpaired) electrons. The van der Waals surface area contributed by atoms with Gasteiger partial charge in [-0.1, -0.05) is 53.5 Å². The van der Waals surface area contributed by atoms with E-state index in [1.165, 1.54) is 0 Å². The fraction of sp³-hybridized carbons (Fsp3) is 0.222. The van der Waals surface area contributed by atoms with E-state index in [4.69, 9.17) is 23.2 Å². The van der Waals surface area contributed by atoms with Gasteiger partial charge in [-0.25, -0.2) is 0 Å². The van der Waals surface area contributed by atoms with E-state index in [0.717, 1.165) is 16.7 Å². The van der Waals surface area contributed by atoms with Crippen molar-refractivity contribution in [3.8, 4) is 0 Å². The SMILES string of the molecule is O=C1CC2(CC(c3ccc(Cl)c(Cl)c3)c3ccccc32)C(=O)N1. The van der Waals surface area contributed by atoms with E-state index in [1.54, 1.807) is 6.07 Å². The molecule has 23 heavy (non-hydrogen) atoms. The second kappa shape index (κ2) is 5.08. The molecule has 4 rings (SSSR count). The Hall–Kier alpha value is -1.84. The van der Waals surface area contributed by atoms with Gasteiger partial charge in [0.15, 0.2) is 0 Å². The Bertz CT molecular complexity index is 849. The first-order valence-electron chi connectivity index (χ1n) is 7.40. The minimum atomic E-state index is -0.759. The molecular formula is C18H13Cl2NO2. The quantitative estimate of drug-likeness (QED) is 0.798. The van der Waals surface area contributed by atoms with E-state index in [9.17, 15) is 9.59 Å². The summed E-state index contributed by atoms with van der Waals surface area (Å²) in [6.07, 6.45) is 0.780. The van der Waals surface area contributed by atoms with E-state index in [0.29, 0.717) is 16.5 Å². The standard InChI is InChI=1S/C18H13Cl2NO2/c19-14-6-5-10(7-15(14)20)12-8-18(9-16(22)21-17(18)23)13-4-2-1-3-11(12)13/h1-7,12H,8-9H2,(H,21,22,23). The van der Waals surface area contributed by atoms with Gasteiger partial charge in [0.1, 0.15) is 0 Å². The number of halogens is 2. The van der Waals surface area contributed by atoms with Crippen molar-refractivity contribution in [3.63, 3.8) is 0 Å². The molecule has 1 aliphatic heterocycles. The number of rotatable bonds is 1. The van der Waals surface area contributed by atoms with Crippen LogP contribution < -0.4 is 5.32 Å². The highest BCUT2D eigenvalue weighted by Crippen LogP contribution is 2.52. The summed E-state index contributed by atoms with van der Waals surface area (Å²) in [5.41, 5.74) is 2.27. The summed E-state index contributed by atoms with van der Waals surface area (Å²) < 4.78 is 0. The van der Waals surface area contributed by atoms with Crippen LogP contribution in [0.2, 0.25) is 10.0 Å². The molecule has 2 atom stereocenters. The zero-order valence-corrected chi connectivity index (χ0v) is 13.6. The Labute approximate surface area is 143 Å². The van der Waals surface area contributed by atoms with Gasteiger partial charge in [0.05, 0.1) is 15.5 Å². The van der Waals surface area contributed by atoms with Crippen molar-refractivity contribution >= 4 is 35.0 Å². The van der Waals surface area contributed by atoms with Gasteiger partial charge in [-0.3, -0.25) is 14.9 Å². The largest absolute Gasteiger partial charge is 0.296 e. The number of hydrogen-bond donors (Lipinski definition) is 1. The second-order valence-corrected chi connectivity index (χ2v) is 6.97. The van der Waals surface area contributed by atoms with E-state index in [2.05, 4.69) is 5.32 Å². The van der Waals surface area contributed by atoms with Gasteiger partial charge >= 0.3 is 0 Å². The molecule has 2 aliphatic rings. The molecular weight excluding hydrogens is 333 g/mol. The summed E-state index contributed by atoms with van der Waals surface area (Å²) in [6.45, 7) is 0. The lowest BCUT2D eigenvalue weighted by atomic mass is 9.79. The Balaban J connectivity index is 1.86. The van der Waals surface area contributed by atoms with Gasteiger partial charge in [0.2, 0.25) is 11.8 Å². The summed E-state index contributed by atoms with van der Waals surface area (Å²) in [4.78, 5) is 24.3. The predicted octanol–water partition coefficient (Wildman–Crippen LogP) is 3.81. The first-order chi connectivity index (χ1) is 11.0. The number of amides is 2. The summed E-state index contributed by atoms with van der Waals surface area (Å²) in [5, 5.41) is 3.46. The van der Waals surface area contributed by atoms with Crippen LogP contribution in [-0.4, -0.2) is 11.8 Å². The third kappa shape index (κ3) is 2.11. The number of carbonyl (C=O) groups excluding carboxylic acids is 2. The molecule has 1 N–H and O–H groups in total. The maximum atomic E-state index is 12.5. The highest BCUT2D eigenvalue weighted by Gasteiger charge is 2.54. The monoisotopic (exact) mass is 345 g/mol. The normalized spacial score (nSPS) is 25.7. The third-order valence-electron chi connectivity index (χ3n) is 4.90. The minimum absolute atomic E-state index is 0.0256. The molecule has 1 saturated heterocycles. The van der Waals surface area contributed by atoms with Gasteiger partial charge in [-0.2, -0.15) is 0 Å². The van der Waals surface area contributed by atoms with Crippen LogP contribution in [0.5, 0.6) is 0 Å². The Kier molecular flexibility index (Phi) is 3.26. The Morgan fingerprint density at radius 2 is 1.83 bits per heavy atom. The molecule has 0 saturated carbocycles. The van der Waals surface area contributed by atoms with Gasteiger partial charge < -0.3 is 0 Å². The number of fused-ring (bicyclic) bond motifs is 2. The molecule has 116 valence electrons. The van der Waals surface area contributed by atoms with Crippen molar-refractivity contribution in [3.05, 3.63) is 69.2 Å². The molecule has 2 unspecified atom stereocenters. The number of hydrogen-bond acceptors (Lipinski definition) is 2. The summed E-state index contributed by atoms with van der Waals surface area (Å²) in [7, 11) is 0. The molecule has 1 aliphatic carbocycles. The van der Waals surface area contributed by atoms with Crippen LogP contribution in [0.1, 0.15) is 35.4 Å². The van der Waals surface area contributed by atoms with Crippen molar-refractivity contribution in [2.75, 3.05) is 0 Å². The smallest absolute Gasteiger partial charge is 0.237 e. The number of benzene rings is 2. The summed E-state index contributed by atoms with van der Waals surface area (Å²) in [5.74, 6) is -0.380. The Morgan fingerprint density at radius 1 is 1.04 bits per heavy atom. The molecule has 2 aromatic carbocycles. The van der Waals surface area contributed by atoms with E-state index >= 15 is 0 Å². The zero-order chi connectivity index (χ0) is 16.2. The Morgan fingerprint density at radius 3 is 2.52 bits per heavy atom. The van der Waals surface area contributed by atoms with Crippen LogP contribution in [0.15, 0.2) is 42.5 Å². The molecule has 0 aromatic heterocycles. The van der Waals surface area contributed by atoms with Crippen LogP contribution in [0.3, 0.4) is 0 Å². The topological polar surface area (TPSA) is 46.2 Å². The predicted molar refractivity (Wildman–Crippen MR) is 88.8 cm³/mol. The lowest BCUT2D eigenvalue weighted by Gasteiger charge is -2.20. The number of carbonyl (C=O) groups is 2. The van der Waals surface area contributed by atoms with Gasteiger partial charge in [-0.05, 0) is 35.2 Å². The van der Waals surface area contributed by atoms with Crippen molar-refractivity contribution in [2.24, 2.45) is 0 Å². The van der Waals surface area contributed by atoms with Crippen molar-refractivity contribution < 1.29 is 9.59 Å². The number of imide groups is 1. The average molecular weight is 346 g/mol. The molecule has 5 heteroatoms. The van der Waals surface area contributed by atoms with Crippen LogP contribution in [-0.2, 0) is 15.0 Å². The first kappa shape index (κ1) is 14.7. The molecule has 0 bridgehead atoms. The van der Waals surface area contributed by atoms with Crippen molar-refractivity contribution in [1.82, 2.24) is 5.32 Å². The first-order valence-corrected chi connectivity index (χ1v) is 8.15. The minimum Gasteiger partial charge on any atom is -0.296 e. The maximum absolute atomic E-state index is 12.5.